The first-order valence-corrected chi connectivity index (χ1v) is 11.0. The molecule has 4 rings (SSSR count). The fourth-order valence-electron chi connectivity index (χ4n) is 3.76. The van der Waals surface area contributed by atoms with Crippen molar-refractivity contribution in [2.45, 2.75) is 59.3 Å². The Labute approximate surface area is 179 Å². The number of aryl methyl sites for hydroxylation is 3. The molecule has 1 aliphatic rings. The van der Waals surface area contributed by atoms with Crippen molar-refractivity contribution in [3.63, 3.8) is 0 Å². The van der Waals surface area contributed by atoms with Crippen molar-refractivity contribution in [1.82, 2.24) is 19.5 Å². The zero-order valence-electron chi connectivity index (χ0n) is 18.3. The van der Waals surface area contributed by atoms with E-state index in [9.17, 15) is 0 Å². The van der Waals surface area contributed by atoms with Gasteiger partial charge < -0.3 is 9.88 Å². The summed E-state index contributed by atoms with van der Waals surface area (Å²) in [5.74, 6) is 1.60. The lowest BCUT2D eigenvalue weighted by Gasteiger charge is -2.13. The minimum Gasteiger partial charge on any atom is -0.324 e. The van der Waals surface area contributed by atoms with Crippen molar-refractivity contribution in [2.75, 3.05) is 5.32 Å². The molecule has 0 spiro atoms. The largest absolute Gasteiger partial charge is 0.324 e. The molecule has 0 saturated heterocycles. The summed E-state index contributed by atoms with van der Waals surface area (Å²) in [4.78, 5) is 13.8. The number of allylic oxidation sites excluding steroid dienone is 1. The van der Waals surface area contributed by atoms with Gasteiger partial charge in [-0.25, -0.2) is 15.0 Å². The van der Waals surface area contributed by atoms with E-state index < -0.39 is 0 Å². The number of imidazole rings is 1. The monoisotopic (exact) mass is 401 g/mol. The van der Waals surface area contributed by atoms with Gasteiger partial charge in [-0.3, -0.25) is 0 Å². The molecule has 1 N–H and O–H groups in total. The Hall–Kier alpha value is -2.95. The zero-order valence-corrected chi connectivity index (χ0v) is 18.3. The normalized spacial score (nSPS) is 13.4. The average Bonchev–Trinajstić information content (AvgIpc) is 3.46. The van der Waals surface area contributed by atoms with Crippen LogP contribution in [-0.4, -0.2) is 19.5 Å². The van der Waals surface area contributed by atoms with E-state index in [-0.39, 0.29) is 0 Å². The zero-order chi connectivity index (χ0) is 21.1. The summed E-state index contributed by atoms with van der Waals surface area (Å²) < 4.78 is 2.08. The van der Waals surface area contributed by atoms with Crippen molar-refractivity contribution in [3.8, 4) is 5.69 Å². The molecule has 3 aromatic rings. The van der Waals surface area contributed by atoms with E-state index in [2.05, 4.69) is 63.8 Å². The van der Waals surface area contributed by atoms with Gasteiger partial charge in [0.1, 0.15) is 0 Å². The van der Waals surface area contributed by atoms with Crippen LogP contribution >= 0.6 is 0 Å². The van der Waals surface area contributed by atoms with Crippen LogP contribution in [0.3, 0.4) is 0 Å². The van der Waals surface area contributed by atoms with Crippen LogP contribution in [0.1, 0.15) is 62.2 Å². The molecule has 0 aliphatic heterocycles. The van der Waals surface area contributed by atoms with Crippen LogP contribution < -0.4 is 5.32 Å². The van der Waals surface area contributed by atoms with Crippen molar-refractivity contribution in [1.29, 1.82) is 0 Å². The Morgan fingerprint density at radius 2 is 2.07 bits per heavy atom. The van der Waals surface area contributed by atoms with Gasteiger partial charge in [0.15, 0.2) is 0 Å². The number of nitrogens with one attached hydrogen (secondary N) is 1. The second-order valence-electron chi connectivity index (χ2n) is 8.43. The summed E-state index contributed by atoms with van der Waals surface area (Å²) in [5, 5.41) is 3.42. The van der Waals surface area contributed by atoms with E-state index in [4.69, 9.17) is 4.98 Å². The van der Waals surface area contributed by atoms with Crippen molar-refractivity contribution >= 4 is 17.2 Å². The van der Waals surface area contributed by atoms with E-state index in [1.165, 1.54) is 31.2 Å². The fraction of sp³-hybridized carbons (Fsp3) is 0.400. The van der Waals surface area contributed by atoms with Crippen LogP contribution in [0.25, 0.3) is 11.3 Å². The highest BCUT2D eigenvalue weighted by Gasteiger charge is 2.20. The molecule has 0 atom stereocenters. The molecule has 5 nitrogen and oxygen atoms in total. The van der Waals surface area contributed by atoms with Gasteiger partial charge in [0.05, 0.1) is 17.7 Å². The van der Waals surface area contributed by atoms with Gasteiger partial charge in [-0.15, -0.1) is 0 Å². The Kier molecular flexibility index (Phi) is 5.98. The molecule has 0 unspecified atom stereocenters. The predicted molar refractivity (Wildman–Crippen MR) is 123 cm³/mol. The number of aromatic nitrogens is 4. The van der Waals surface area contributed by atoms with Gasteiger partial charge in [-0.1, -0.05) is 32.8 Å². The van der Waals surface area contributed by atoms with Gasteiger partial charge in [0.25, 0.3) is 0 Å². The smallest absolute Gasteiger partial charge is 0.227 e. The van der Waals surface area contributed by atoms with Crippen LogP contribution in [0.4, 0.5) is 11.6 Å². The molecule has 0 radical (unpaired) electrons. The molecular weight excluding hydrogens is 370 g/mol. The molecule has 2 aromatic heterocycles. The van der Waals surface area contributed by atoms with Crippen LogP contribution in [0.5, 0.6) is 0 Å². The minimum atomic E-state index is 0.644. The highest BCUT2D eigenvalue weighted by molar-refractivity contribution is 5.63. The second kappa shape index (κ2) is 8.82. The van der Waals surface area contributed by atoms with Crippen molar-refractivity contribution in [2.24, 2.45) is 5.92 Å². The van der Waals surface area contributed by atoms with E-state index in [1.54, 1.807) is 0 Å². The molecular formula is C25H31N5. The van der Waals surface area contributed by atoms with E-state index >= 15 is 0 Å². The van der Waals surface area contributed by atoms with Crippen LogP contribution in [-0.2, 0) is 12.8 Å². The summed E-state index contributed by atoms with van der Waals surface area (Å²) in [6, 6.07) is 8.46. The maximum atomic E-state index is 4.79. The van der Waals surface area contributed by atoms with Crippen LogP contribution in [0, 0.1) is 12.8 Å². The summed E-state index contributed by atoms with van der Waals surface area (Å²) in [7, 11) is 0. The first kappa shape index (κ1) is 20.3. The van der Waals surface area contributed by atoms with Crippen LogP contribution in [0.15, 0.2) is 43.4 Å². The Balaban J connectivity index is 1.56. The quantitative estimate of drug-likeness (QED) is 0.475. The van der Waals surface area contributed by atoms with Gasteiger partial charge in [-0.2, -0.15) is 0 Å². The third-order valence-corrected chi connectivity index (χ3v) is 5.67. The number of benzene rings is 1. The molecule has 5 heteroatoms. The topological polar surface area (TPSA) is 55.6 Å². The molecule has 1 aliphatic carbocycles. The highest BCUT2D eigenvalue weighted by Crippen LogP contribution is 2.34. The van der Waals surface area contributed by atoms with Gasteiger partial charge in [0, 0.05) is 23.3 Å². The second-order valence-corrected chi connectivity index (χ2v) is 8.43. The summed E-state index contributed by atoms with van der Waals surface area (Å²) >= 11 is 0. The first-order valence-electron chi connectivity index (χ1n) is 11.0. The Morgan fingerprint density at radius 3 is 2.73 bits per heavy atom. The maximum Gasteiger partial charge on any atom is 0.227 e. The fourth-order valence-corrected chi connectivity index (χ4v) is 3.76. The van der Waals surface area contributed by atoms with Gasteiger partial charge in [0.2, 0.25) is 5.95 Å². The molecule has 0 amide bonds. The standard InChI is InChI=1S/C25H31N5/c1-5-20-13-22(11-12-24(20)30-15-18(4)26-16-30)28-25-27-21(8-6-7-19-9-10-19)14-23(29-25)17(2)3/h11-16,19H,2,5-10H2,1,3-4H3,(H,27,28,29). The Bertz CT molecular complexity index is 1050. The molecule has 1 saturated carbocycles. The number of rotatable bonds is 9. The molecule has 2 heterocycles. The first-order chi connectivity index (χ1) is 14.5. The molecule has 1 fully saturated rings. The lowest BCUT2D eigenvalue weighted by Crippen LogP contribution is -2.04. The molecule has 30 heavy (non-hydrogen) atoms. The number of nitrogens with zero attached hydrogens (tertiary/aromatic N) is 4. The summed E-state index contributed by atoms with van der Waals surface area (Å²) in [6.45, 7) is 10.3. The lowest BCUT2D eigenvalue weighted by molar-refractivity contribution is 0.659. The van der Waals surface area contributed by atoms with E-state index in [0.29, 0.717) is 5.95 Å². The third-order valence-electron chi connectivity index (χ3n) is 5.67. The molecule has 156 valence electrons. The molecule has 1 aromatic carbocycles. The predicted octanol–water partition coefficient (Wildman–Crippen LogP) is 6.04. The average molecular weight is 402 g/mol. The van der Waals surface area contributed by atoms with Crippen molar-refractivity contribution < 1.29 is 0 Å². The SMILES string of the molecule is C=C(C)c1cc(CCCC2CC2)nc(Nc2ccc(-n3cnc(C)c3)c(CC)c2)n1. The van der Waals surface area contributed by atoms with Crippen molar-refractivity contribution in [3.05, 3.63) is 66.0 Å². The van der Waals surface area contributed by atoms with Gasteiger partial charge in [-0.05, 0) is 74.4 Å². The van der Waals surface area contributed by atoms with Gasteiger partial charge >= 0.3 is 0 Å². The minimum absolute atomic E-state index is 0.644. The van der Waals surface area contributed by atoms with E-state index in [0.717, 1.165) is 52.8 Å². The lowest BCUT2D eigenvalue weighted by atomic mass is 10.1. The molecule has 0 bridgehead atoms. The number of hydrogen-bond acceptors (Lipinski definition) is 4. The number of hydrogen-bond donors (Lipinski definition) is 1. The summed E-state index contributed by atoms with van der Waals surface area (Å²) in [6.07, 6.45) is 11.2. The maximum absolute atomic E-state index is 4.79. The number of anilines is 2. The third kappa shape index (κ3) is 4.96. The summed E-state index contributed by atoms with van der Waals surface area (Å²) in [5.41, 5.74) is 7.37. The van der Waals surface area contributed by atoms with E-state index in [1.807, 2.05) is 20.2 Å². The highest BCUT2D eigenvalue weighted by atomic mass is 15.1. The van der Waals surface area contributed by atoms with Crippen LogP contribution in [0.2, 0.25) is 0 Å². The Morgan fingerprint density at radius 1 is 1.23 bits per heavy atom.